The zero-order valence-corrected chi connectivity index (χ0v) is 6.55. The highest BCUT2D eigenvalue weighted by Gasteiger charge is 2.17. The largest absolute Gasteiger partial charge is 0.293 e. The summed E-state index contributed by atoms with van der Waals surface area (Å²) < 4.78 is 0. The third-order valence-corrected chi connectivity index (χ3v) is 2.17. The van der Waals surface area contributed by atoms with E-state index >= 15 is 0 Å². The molecule has 0 N–H and O–H groups in total. The topological polar surface area (TPSA) is 60.2 Å². The predicted octanol–water partition coefficient (Wildman–Crippen LogP) is 1.86. The Balaban J connectivity index is 3.16. The molecule has 1 aromatic heterocycles. The van der Waals surface area contributed by atoms with Gasteiger partial charge in [0.15, 0.2) is 5.78 Å². The van der Waals surface area contributed by atoms with Gasteiger partial charge < -0.3 is 0 Å². The average molecular weight is 171 g/mol. The molecule has 0 saturated carbocycles. The first-order chi connectivity index (χ1) is 5.13. The van der Waals surface area contributed by atoms with Crippen LogP contribution in [-0.4, -0.2) is 10.7 Å². The molecular formula is C6H5NO3S. The number of ketones is 1. The number of carbonyl (C=O) groups is 1. The first-order valence-electron chi connectivity index (χ1n) is 2.85. The third kappa shape index (κ3) is 1.43. The molecule has 1 heterocycles. The Kier molecular flexibility index (Phi) is 2.00. The maximum absolute atomic E-state index is 10.7. The van der Waals surface area contributed by atoms with Crippen molar-refractivity contribution >= 4 is 22.8 Å². The maximum Gasteiger partial charge on any atom is 0.290 e. The van der Waals surface area contributed by atoms with Crippen molar-refractivity contribution < 1.29 is 9.72 Å². The fraction of sp³-hybridized carbons (Fsp3) is 0.167. The van der Waals surface area contributed by atoms with Gasteiger partial charge in [-0.05, 0) is 5.38 Å². The number of carbonyl (C=O) groups excluding carboxylic acids is 1. The van der Waals surface area contributed by atoms with E-state index in [2.05, 4.69) is 0 Å². The fourth-order valence-electron chi connectivity index (χ4n) is 0.710. The molecule has 0 radical (unpaired) electrons. The second-order valence-corrected chi connectivity index (χ2v) is 2.86. The molecule has 0 aromatic carbocycles. The molecule has 11 heavy (non-hydrogen) atoms. The predicted molar refractivity (Wildman–Crippen MR) is 41.0 cm³/mol. The van der Waals surface area contributed by atoms with Crippen LogP contribution in [-0.2, 0) is 0 Å². The number of hydrogen-bond acceptors (Lipinski definition) is 4. The molecule has 58 valence electrons. The van der Waals surface area contributed by atoms with Crippen molar-refractivity contribution in [3.05, 3.63) is 26.4 Å². The summed E-state index contributed by atoms with van der Waals surface area (Å²) in [6.07, 6.45) is 0. The molecule has 1 rings (SSSR count). The summed E-state index contributed by atoms with van der Waals surface area (Å²) in [5.41, 5.74) is -0.0949. The summed E-state index contributed by atoms with van der Waals surface area (Å²) >= 11 is 1.09. The molecule has 0 aliphatic rings. The number of hydrogen-bond donors (Lipinski definition) is 0. The van der Waals surface area contributed by atoms with Crippen LogP contribution in [0.1, 0.15) is 16.6 Å². The number of nitrogens with zero attached hydrogens (tertiary/aromatic N) is 1. The summed E-state index contributed by atoms with van der Waals surface area (Å²) in [6.45, 7) is 1.32. The number of Topliss-reactive ketones (excluding diaryl/α,β-unsaturated/α-hetero) is 1. The highest BCUT2D eigenvalue weighted by Crippen LogP contribution is 2.24. The minimum absolute atomic E-state index is 0.0949. The Hall–Kier alpha value is -1.23. The zero-order chi connectivity index (χ0) is 8.43. The second kappa shape index (κ2) is 2.79. The summed E-state index contributed by atoms with van der Waals surface area (Å²) in [5, 5.41) is 11.8. The van der Waals surface area contributed by atoms with Crippen molar-refractivity contribution in [2.24, 2.45) is 0 Å². The van der Waals surface area contributed by atoms with Crippen LogP contribution in [0.2, 0.25) is 0 Å². The van der Waals surface area contributed by atoms with E-state index in [1.807, 2.05) is 0 Å². The molecule has 0 aliphatic carbocycles. The van der Waals surface area contributed by atoms with Gasteiger partial charge in [0.1, 0.15) is 4.88 Å². The number of thiophene rings is 1. The third-order valence-electron chi connectivity index (χ3n) is 1.16. The van der Waals surface area contributed by atoms with Crippen LogP contribution in [0.25, 0.3) is 0 Å². The summed E-state index contributed by atoms with van der Waals surface area (Å²) in [6, 6.07) is 1.33. The molecule has 4 nitrogen and oxygen atoms in total. The highest BCUT2D eigenvalue weighted by molar-refractivity contribution is 7.12. The number of nitro groups is 1. The minimum Gasteiger partial charge on any atom is -0.293 e. The van der Waals surface area contributed by atoms with Gasteiger partial charge in [0.2, 0.25) is 0 Å². The zero-order valence-electron chi connectivity index (χ0n) is 5.73. The van der Waals surface area contributed by atoms with Gasteiger partial charge in [0.25, 0.3) is 5.69 Å². The van der Waals surface area contributed by atoms with Gasteiger partial charge in [-0.3, -0.25) is 14.9 Å². The van der Waals surface area contributed by atoms with Crippen molar-refractivity contribution in [2.75, 3.05) is 0 Å². The lowest BCUT2D eigenvalue weighted by molar-refractivity contribution is -0.384. The Labute approximate surface area is 66.6 Å². The Morgan fingerprint density at radius 2 is 2.36 bits per heavy atom. The molecule has 0 bridgehead atoms. The average Bonchev–Trinajstić information content (AvgIpc) is 2.32. The quantitative estimate of drug-likeness (QED) is 0.387. The smallest absolute Gasteiger partial charge is 0.290 e. The van der Waals surface area contributed by atoms with E-state index in [-0.39, 0.29) is 16.3 Å². The van der Waals surface area contributed by atoms with Gasteiger partial charge >= 0.3 is 0 Å². The monoisotopic (exact) mass is 171 g/mol. The molecule has 1 aromatic rings. The first kappa shape index (κ1) is 7.87. The van der Waals surface area contributed by atoms with Crippen molar-refractivity contribution in [2.45, 2.75) is 6.92 Å². The minimum atomic E-state index is -0.548. The normalized spacial score (nSPS) is 9.55. The lowest BCUT2D eigenvalue weighted by Crippen LogP contribution is -1.94. The van der Waals surface area contributed by atoms with E-state index in [0.717, 1.165) is 11.3 Å². The van der Waals surface area contributed by atoms with Gasteiger partial charge in [-0.25, -0.2) is 0 Å². The van der Waals surface area contributed by atoms with Crippen LogP contribution in [0.15, 0.2) is 11.4 Å². The van der Waals surface area contributed by atoms with Crippen LogP contribution >= 0.6 is 11.3 Å². The van der Waals surface area contributed by atoms with Gasteiger partial charge in [-0.1, -0.05) is 0 Å². The Morgan fingerprint density at radius 1 is 1.73 bits per heavy atom. The van der Waals surface area contributed by atoms with E-state index < -0.39 is 4.92 Å². The van der Waals surface area contributed by atoms with Crippen LogP contribution in [0.4, 0.5) is 5.69 Å². The van der Waals surface area contributed by atoms with Crippen molar-refractivity contribution in [1.82, 2.24) is 0 Å². The van der Waals surface area contributed by atoms with Gasteiger partial charge in [0.05, 0.1) is 4.92 Å². The second-order valence-electron chi connectivity index (χ2n) is 1.95. The molecular weight excluding hydrogens is 166 g/mol. The SMILES string of the molecule is CC(=O)c1sccc1[N+](=O)[O-]. The molecule has 0 unspecified atom stereocenters. The number of rotatable bonds is 2. The van der Waals surface area contributed by atoms with Crippen molar-refractivity contribution in [1.29, 1.82) is 0 Å². The highest BCUT2D eigenvalue weighted by atomic mass is 32.1. The lowest BCUT2D eigenvalue weighted by atomic mass is 10.3. The van der Waals surface area contributed by atoms with Crippen molar-refractivity contribution in [3.8, 4) is 0 Å². The summed E-state index contributed by atoms with van der Waals surface area (Å²) in [4.78, 5) is 20.7. The maximum atomic E-state index is 10.7. The van der Waals surface area contributed by atoms with Crippen LogP contribution in [0.5, 0.6) is 0 Å². The standard InChI is InChI=1S/C6H5NO3S/c1-4(8)6-5(7(9)10)2-3-11-6/h2-3H,1H3. The van der Waals surface area contributed by atoms with E-state index in [1.165, 1.54) is 18.4 Å². The van der Waals surface area contributed by atoms with E-state index in [0.29, 0.717) is 0 Å². The molecule has 5 heteroatoms. The first-order valence-corrected chi connectivity index (χ1v) is 3.73. The van der Waals surface area contributed by atoms with Gasteiger partial charge in [-0.2, -0.15) is 0 Å². The summed E-state index contributed by atoms with van der Waals surface area (Å²) in [5.74, 6) is -0.258. The molecule has 0 amide bonds. The molecule has 0 fully saturated rings. The molecule has 0 atom stereocenters. The summed E-state index contributed by atoms with van der Waals surface area (Å²) in [7, 11) is 0. The molecule has 0 spiro atoms. The molecule has 0 saturated heterocycles. The van der Waals surface area contributed by atoms with E-state index in [9.17, 15) is 14.9 Å². The Bertz CT molecular complexity index is 276. The molecule has 0 aliphatic heterocycles. The lowest BCUT2D eigenvalue weighted by Gasteiger charge is -1.87. The fourth-order valence-corrected chi connectivity index (χ4v) is 1.47. The van der Waals surface area contributed by atoms with Crippen LogP contribution in [0.3, 0.4) is 0 Å². The van der Waals surface area contributed by atoms with Crippen molar-refractivity contribution in [3.63, 3.8) is 0 Å². The van der Waals surface area contributed by atoms with Gasteiger partial charge in [0, 0.05) is 13.0 Å². The van der Waals surface area contributed by atoms with Crippen LogP contribution < -0.4 is 0 Å². The van der Waals surface area contributed by atoms with Gasteiger partial charge in [-0.15, -0.1) is 11.3 Å². The van der Waals surface area contributed by atoms with E-state index in [1.54, 1.807) is 0 Å². The Morgan fingerprint density at radius 3 is 2.73 bits per heavy atom. The van der Waals surface area contributed by atoms with E-state index in [4.69, 9.17) is 0 Å². The van der Waals surface area contributed by atoms with Crippen LogP contribution in [0, 0.1) is 10.1 Å².